The van der Waals surface area contributed by atoms with Gasteiger partial charge < -0.3 is 25.0 Å². The number of carbonyl (C=O) groups excluding carboxylic acids is 1. The van der Waals surface area contributed by atoms with E-state index in [0.717, 1.165) is 71.5 Å². The van der Waals surface area contributed by atoms with Gasteiger partial charge in [-0.25, -0.2) is 0 Å². The van der Waals surface area contributed by atoms with Crippen LogP contribution in [0.15, 0.2) is 88.7 Å². The van der Waals surface area contributed by atoms with Crippen molar-refractivity contribution in [2.24, 2.45) is 5.92 Å². The molecule has 0 spiro atoms. The maximum atomic E-state index is 13.5. The lowest BCUT2D eigenvalue weighted by molar-refractivity contribution is -0.149. The first-order chi connectivity index (χ1) is 22.7. The number of ether oxygens (including phenoxy) is 2. The Bertz CT molecular complexity index is 1710. The summed E-state index contributed by atoms with van der Waals surface area (Å²) in [4.78, 5) is 21.2. The Morgan fingerprint density at radius 2 is 1.53 bits per heavy atom. The first-order valence-corrected chi connectivity index (χ1v) is 16.8. The molecule has 4 aromatic rings. The summed E-state index contributed by atoms with van der Waals surface area (Å²) < 4.78 is 52.1. The highest BCUT2D eigenvalue weighted by Gasteiger charge is 2.33. The van der Waals surface area contributed by atoms with Crippen molar-refractivity contribution in [1.82, 2.24) is 9.80 Å². The van der Waals surface area contributed by atoms with E-state index in [0.29, 0.717) is 36.8 Å². The summed E-state index contributed by atoms with van der Waals surface area (Å²) in [6.45, 7) is 7.96. The highest BCUT2D eigenvalue weighted by atomic mass is 32.2. The van der Waals surface area contributed by atoms with Crippen LogP contribution in [0, 0.1) is 5.92 Å². The predicted octanol–water partition coefficient (Wildman–Crippen LogP) is 7.31. The van der Waals surface area contributed by atoms with Crippen LogP contribution in [-0.4, -0.2) is 74.8 Å². The first-order valence-electron chi connectivity index (χ1n) is 15.9. The van der Waals surface area contributed by atoms with E-state index in [4.69, 9.17) is 15.2 Å². The summed E-state index contributed by atoms with van der Waals surface area (Å²) in [6, 6.07) is 23.3. The highest BCUT2D eigenvalue weighted by Crippen LogP contribution is 2.49. The van der Waals surface area contributed by atoms with Crippen molar-refractivity contribution >= 4 is 45.6 Å². The second kappa shape index (κ2) is 14.5. The largest absolute Gasteiger partial charge is 0.492 e. The SMILES string of the molecule is CC(COc1ccc(N)c2ccccc12)C(=O)OCCN1CCN(CCCN2c3ccccc3Sc3ccc(C(F)(F)F)cc32)CC1. The number of esters is 1. The van der Waals surface area contributed by atoms with Crippen molar-refractivity contribution in [3.8, 4) is 5.75 Å². The molecule has 0 aromatic heterocycles. The van der Waals surface area contributed by atoms with E-state index >= 15 is 0 Å². The molecule has 2 aliphatic heterocycles. The second-order valence-corrected chi connectivity index (χ2v) is 13.1. The Balaban J connectivity index is 0.928. The van der Waals surface area contributed by atoms with E-state index in [9.17, 15) is 18.0 Å². The van der Waals surface area contributed by atoms with Gasteiger partial charge in [0.2, 0.25) is 0 Å². The third-order valence-corrected chi connectivity index (χ3v) is 9.87. The number of piperazine rings is 1. The molecule has 47 heavy (non-hydrogen) atoms. The fourth-order valence-corrected chi connectivity index (χ4v) is 7.13. The maximum absolute atomic E-state index is 13.5. The average Bonchev–Trinajstić information content (AvgIpc) is 3.07. The molecule has 0 radical (unpaired) electrons. The van der Waals surface area contributed by atoms with Crippen LogP contribution in [0.2, 0.25) is 0 Å². The Morgan fingerprint density at radius 1 is 0.851 bits per heavy atom. The van der Waals surface area contributed by atoms with Gasteiger partial charge >= 0.3 is 12.1 Å². The summed E-state index contributed by atoms with van der Waals surface area (Å²) in [5, 5.41) is 1.83. The zero-order valence-corrected chi connectivity index (χ0v) is 27.2. The molecule has 248 valence electrons. The van der Waals surface area contributed by atoms with Gasteiger partial charge in [0.15, 0.2) is 0 Å². The quantitative estimate of drug-likeness (QED) is 0.132. The van der Waals surface area contributed by atoms with Crippen LogP contribution < -0.4 is 15.4 Å². The number of halogens is 3. The van der Waals surface area contributed by atoms with Crippen molar-refractivity contribution in [3.63, 3.8) is 0 Å². The average molecular weight is 665 g/mol. The highest BCUT2D eigenvalue weighted by molar-refractivity contribution is 7.99. The molecule has 1 unspecified atom stereocenters. The monoisotopic (exact) mass is 664 g/mol. The van der Waals surface area contributed by atoms with Crippen LogP contribution in [0.4, 0.5) is 30.2 Å². The molecule has 11 heteroatoms. The molecular formula is C36H39F3N4O3S. The van der Waals surface area contributed by atoms with Gasteiger partial charge in [-0.1, -0.05) is 48.2 Å². The Hall–Kier alpha value is -3.93. The summed E-state index contributed by atoms with van der Waals surface area (Å²) in [6.07, 6.45) is -3.57. The fourth-order valence-electron chi connectivity index (χ4n) is 6.06. The third kappa shape index (κ3) is 7.80. The summed E-state index contributed by atoms with van der Waals surface area (Å²) in [7, 11) is 0. The van der Waals surface area contributed by atoms with Crippen LogP contribution in [0.3, 0.4) is 0 Å². The number of nitrogens with two attached hydrogens (primary N) is 1. The van der Waals surface area contributed by atoms with Crippen molar-refractivity contribution in [1.29, 1.82) is 0 Å². The number of benzene rings is 4. The number of nitrogens with zero attached hydrogens (tertiary/aromatic N) is 3. The minimum atomic E-state index is -4.39. The van der Waals surface area contributed by atoms with Gasteiger partial charge in [0.25, 0.3) is 0 Å². The lowest BCUT2D eigenvalue weighted by atomic mass is 10.1. The summed E-state index contributed by atoms with van der Waals surface area (Å²) in [5.41, 5.74) is 7.69. The number of alkyl halides is 3. The van der Waals surface area contributed by atoms with Gasteiger partial charge in [-0.05, 0) is 62.4 Å². The smallest absolute Gasteiger partial charge is 0.416 e. The van der Waals surface area contributed by atoms with Gasteiger partial charge in [-0.3, -0.25) is 9.69 Å². The third-order valence-electron chi connectivity index (χ3n) is 8.73. The summed E-state index contributed by atoms with van der Waals surface area (Å²) >= 11 is 1.51. The molecule has 2 heterocycles. The van der Waals surface area contributed by atoms with E-state index in [-0.39, 0.29) is 12.6 Å². The molecule has 2 aliphatic rings. The maximum Gasteiger partial charge on any atom is 0.416 e. The standard InChI is InChI=1S/C36H39F3N4O3S/c1-25(24-46-32-13-12-29(40)27-7-2-3-8-28(27)32)35(44)45-22-21-42-19-17-41(18-20-42)15-6-16-43-30-9-4-5-10-33(30)47-34-14-11-26(23-31(34)43)36(37,38)39/h2-5,7-14,23,25H,6,15-22,24,40H2,1H3. The van der Waals surface area contributed by atoms with E-state index in [1.54, 1.807) is 13.0 Å². The van der Waals surface area contributed by atoms with Crippen molar-refractivity contribution < 1.29 is 27.4 Å². The first kappa shape index (κ1) is 33.0. The molecule has 2 N–H and O–H groups in total. The zero-order valence-electron chi connectivity index (χ0n) is 26.3. The van der Waals surface area contributed by atoms with Gasteiger partial charge in [0, 0.05) is 65.5 Å². The van der Waals surface area contributed by atoms with E-state index in [1.165, 1.54) is 17.8 Å². The molecule has 7 nitrogen and oxygen atoms in total. The number of nitrogen functional groups attached to an aromatic ring is 1. The van der Waals surface area contributed by atoms with Gasteiger partial charge in [-0.15, -0.1) is 0 Å². The number of anilines is 3. The number of hydrogen-bond donors (Lipinski definition) is 1. The minimum Gasteiger partial charge on any atom is -0.492 e. The molecule has 6 rings (SSSR count). The van der Waals surface area contributed by atoms with E-state index in [1.807, 2.05) is 65.6 Å². The molecule has 1 fully saturated rings. The molecule has 0 amide bonds. The zero-order chi connectivity index (χ0) is 33.0. The Kier molecular flexibility index (Phi) is 10.1. The summed E-state index contributed by atoms with van der Waals surface area (Å²) in [5.74, 6) is -0.0156. The number of fused-ring (bicyclic) bond motifs is 3. The Morgan fingerprint density at radius 3 is 2.30 bits per heavy atom. The lowest BCUT2D eigenvalue weighted by Gasteiger charge is -2.36. The van der Waals surface area contributed by atoms with Crippen molar-refractivity contribution in [3.05, 3.63) is 84.4 Å². The molecule has 0 aliphatic carbocycles. The number of rotatable bonds is 11. The molecule has 0 saturated carbocycles. The predicted molar refractivity (Wildman–Crippen MR) is 180 cm³/mol. The van der Waals surface area contributed by atoms with Gasteiger partial charge in [0.05, 0.1) is 22.9 Å². The van der Waals surface area contributed by atoms with Gasteiger partial charge in [-0.2, -0.15) is 13.2 Å². The van der Waals surface area contributed by atoms with Crippen LogP contribution >= 0.6 is 11.8 Å². The molecule has 1 atom stereocenters. The van der Waals surface area contributed by atoms with Crippen molar-refractivity contribution in [2.75, 3.05) is 69.7 Å². The molecule has 0 bridgehead atoms. The molecule has 4 aromatic carbocycles. The van der Waals surface area contributed by atoms with Crippen LogP contribution in [0.1, 0.15) is 18.9 Å². The number of para-hydroxylation sites is 1. The van der Waals surface area contributed by atoms with Gasteiger partial charge in [0.1, 0.15) is 19.0 Å². The van der Waals surface area contributed by atoms with E-state index in [2.05, 4.69) is 9.80 Å². The Labute approximate surface area is 277 Å². The van der Waals surface area contributed by atoms with Crippen LogP contribution in [0.5, 0.6) is 5.75 Å². The normalized spacial score (nSPS) is 16.0. The minimum absolute atomic E-state index is 0.211. The molecular weight excluding hydrogens is 625 g/mol. The number of carbonyl (C=O) groups is 1. The van der Waals surface area contributed by atoms with Crippen LogP contribution in [0.25, 0.3) is 10.8 Å². The fraction of sp³-hybridized carbons (Fsp3) is 0.361. The second-order valence-electron chi connectivity index (χ2n) is 12.0. The van der Waals surface area contributed by atoms with Crippen molar-refractivity contribution in [2.45, 2.75) is 29.3 Å². The van der Waals surface area contributed by atoms with Crippen LogP contribution in [-0.2, 0) is 15.7 Å². The van der Waals surface area contributed by atoms with E-state index < -0.39 is 17.7 Å². The number of hydrogen-bond acceptors (Lipinski definition) is 8. The topological polar surface area (TPSA) is 71.3 Å². The molecule has 1 saturated heterocycles. The lowest BCUT2D eigenvalue weighted by Crippen LogP contribution is -2.47.